The van der Waals surface area contributed by atoms with Crippen LogP contribution in [0.2, 0.25) is 5.02 Å². The summed E-state index contributed by atoms with van der Waals surface area (Å²) in [6.45, 7) is 0. The number of nitrogens with zero attached hydrogens (tertiary/aromatic N) is 3. The van der Waals surface area contributed by atoms with Gasteiger partial charge in [-0.15, -0.1) is 0 Å². The molecule has 31 heavy (non-hydrogen) atoms. The number of hydrogen-bond acceptors (Lipinski definition) is 3. The molecule has 5 rings (SSSR count). The van der Waals surface area contributed by atoms with Crippen LogP contribution in [0.1, 0.15) is 30.0 Å². The summed E-state index contributed by atoms with van der Waals surface area (Å²) in [6.07, 6.45) is 5.59. The first kappa shape index (κ1) is 19.8. The maximum absolute atomic E-state index is 14.8. The van der Waals surface area contributed by atoms with Crippen LogP contribution in [0.25, 0.3) is 11.1 Å². The van der Waals surface area contributed by atoms with Gasteiger partial charge in [0.2, 0.25) is 5.95 Å². The summed E-state index contributed by atoms with van der Waals surface area (Å²) in [7, 11) is 0. The summed E-state index contributed by atoms with van der Waals surface area (Å²) in [5, 5.41) is 2.73. The Kier molecular flexibility index (Phi) is 4.81. The summed E-state index contributed by atoms with van der Waals surface area (Å²) in [5.41, 5.74) is 1.78. The van der Waals surface area contributed by atoms with Crippen molar-refractivity contribution in [2.75, 3.05) is 5.32 Å². The minimum atomic E-state index is -0.711. The van der Waals surface area contributed by atoms with Crippen molar-refractivity contribution in [2.45, 2.75) is 31.3 Å². The lowest BCUT2D eigenvalue weighted by atomic mass is 9.95. The van der Waals surface area contributed by atoms with Crippen LogP contribution in [0.4, 0.5) is 23.7 Å². The van der Waals surface area contributed by atoms with Crippen molar-refractivity contribution < 1.29 is 18.0 Å². The smallest absolute Gasteiger partial charge is 0.314 e. The fourth-order valence-corrected chi connectivity index (χ4v) is 4.80. The van der Waals surface area contributed by atoms with Crippen molar-refractivity contribution in [1.29, 1.82) is 0 Å². The third-order valence-corrected chi connectivity index (χ3v) is 6.20. The van der Waals surface area contributed by atoms with E-state index in [4.69, 9.17) is 11.6 Å². The van der Waals surface area contributed by atoms with Gasteiger partial charge in [-0.2, -0.15) is 4.39 Å². The highest BCUT2D eigenvalue weighted by Gasteiger charge is 2.43. The Labute approximate surface area is 180 Å². The van der Waals surface area contributed by atoms with E-state index in [0.717, 1.165) is 24.2 Å². The largest absolute Gasteiger partial charge is 0.322 e. The molecule has 5 nitrogen and oxygen atoms in total. The van der Waals surface area contributed by atoms with E-state index in [1.54, 1.807) is 11.0 Å². The number of rotatable bonds is 2. The molecular weight excluding hydrogens is 429 g/mol. The van der Waals surface area contributed by atoms with Crippen LogP contribution in [0, 0.1) is 17.6 Å². The summed E-state index contributed by atoms with van der Waals surface area (Å²) < 4.78 is 42.3. The summed E-state index contributed by atoms with van der Waals surface area (Å²) >= 11 is 6.28. The topological polar surface area (TPSA) is 58.1 Å². The molecule has 158 valence electrons. The Morgan fingerprint density at radius 1 is 1.16 bits per heavy atom. The summed E-state index contributed by atoms with van der Waals surface area (Å²) in [5.74, 6) is -1.79. The normalized spacial score (nSPS) is 19.3. The van der Waals surface area contributed by atoms with Gasteiger partial charge in [0.05, 0.1) is 22.9 Å². The van der Waals surface area contributed by atoms with Crippen LogP contribution in [0.3, 0.4) is 0 Å². The molecule has 1 saturated heterocycles. The Hall–Kier alpha value is -3.13. The zero-order valence-corrected chi connectivity index (χ0v) is 16.8. The van der Waals surface area contributed by atoms with Gasteiger partial charge >= 0.3 is 6.03 Å². The second kappa shape index (κ2) is 7.53. The average molecular weight is 445 g/mol. The lowest BCUT2D eigenvalue weighted by Gasteiger charge is -2.36. The Balaban J connectivity index is 1.42. The number of aromatic nitrogens is 2. The maximum Gasteiger partial charge on any atom is 0.322 e. The molecule has 2 aliphatic rings. The Morgan fingerprint density at radius 2 is 2.00 bits per heavy atom. The van der Waals surface area contributed by atoms with Gasteiger partial charge in [0.1, 0.15) is 11.6 Å². The molecule has 0 unspecified atom stereocenters. The molecule has 4 heterocycles. The molecule has 2 atom stereocenters. The van der Waals surface area contributed by atoms with Crippen molar-refractivity contribution in [1.82, 2.24) is 14.9 Å². The lowest BCUT2D eigenvalue weighted by molar-refractivity contribution is 0.178. The lowest BCUT2D eigenvalue weighted by Crippen LogP contribution is -2.44. The van der Waals surface area contributed by atoms with Gasteiger partial charge in [0.25, 0.3) is 0 Å². The average Bonchev–Trinajstić information content (AvgIpc) is 3.06. The van der Waals surface area contributed by atoms with Gasteiger partial charge < -0.3 is 10.2 Å². The zero-order valence-electron chi connectivity index (χ0n) is 16.1. The standard InChI is InChI=1S/C22H16ClF3N4O/c23-17-8-19(18(25)7-15(17)11-5-12(24)10-27-9-11)29-22(31)30-13-1-2-20(30)14-3-4-28-21(26)16(14)6-13/h3-5,7-10,13,20H,1-2,6H2,(H,29,31)/t13-,20+/m0/s1. The molecule has 0 radical (unpaired) electrons. The van der Waals surface area contributed by atoms with Gasteiger partial charge in [-0.25, -0.2) is 18.6 Å². The fraction of sp³-hybridized carbons (Fsp3) is 0.227. The van der Waals surface area contributed by atoms with Crippen LogP contribution in [0.5, 0.6) is 0 Å². The third-order valence-electron chi connectivity index (χ3n) is 5.89. The molecule has 2 aromatic heterocycles. The van der Waals surface area contributed by atoms with Crippen LogP contribution < -0.4 is 5.32 Å². The molecule has 2 aliphatic heterocycles. The molecule has 1 aromatic carbocycles. The van der Waals surface area contributed by atoms with Crippen molar-refractivity contribution in [2.24, 2.45) is 0 Å². The first-order valence-corrected chi connectivity index (χ1v) is 10.1. The first-order valence-electron chi connectivity index (χ1n) is 9.75. The fourth-order valence-electron chi connectivity index (χ4n) is 4.53. The molecule has 9 heteroatoms. The number of nitrogens with one attached hydrogen (secondary N) is 1. The van der Waals surface area contributed by atoms with E-state index >= 15 is 0 Å². The predicted octanol–water partition coefficient (Wildman–Crippen LogP) is 5.51. The van der Waals surface area contributed by atoms with Crippen LogP contribution in [-0.2, 0) is 6.42 Å². The van der Waals surface area contributed by atoms with Gasteiger partial charge in [-0.05, 0) is 49.1 Å². The molecule has 1 fully saturated rings. The van der Waals surface area contributed by atoms with E-state index in [9.17, 15) is 18.0 Å². The van der Waals surface area contributed by atoms with Crippen molar-refractivity contribution in [3.8, 4) is 11.1 Å². The molecule has 2 bridgehead atoms. The molecule has 2 amide bonds. The van der Waals surface area contributed by atoms with Crippen LogP contribution in [-0.4, -0.2) is 26.9 Å². The second-order valence-corrected chi connectivity index (χ2v) is 8.07. The zero-order chi connectivity index (χ0) is 21.7. The van der Waals surface area contributed by atoms with E-state index < -0.39 is 23.6 Å². The highest BCUT2D eigenvalue weighted by Crippen LogP contribution is 2.44. The number of hydrogen-bond donors (Lipinski definition) is 1. The molecule has 1 N–H and O–H groups in total. The highest BCUT2D eigenvalue weighted by molar-refractivity contribution is 6.33. The van der Waals surface area contributed by atoms with E-state index in [2.05, 4.69) is 15.3 Å². The number of benzene rings is 1. The SMILES string of the molecule is O=C(Nc1cc(Cl)c(-c2cncc(F)c2)cc1F)N1[C@H]2CC[C@@H]1c1ccnc(F)c1C2. The Bertz CT molecular complexity index is 1210. The monoisotopic (exact) mass is 444 g/mol. The van der Waals surface area contributed by atoms with Crippen LogP contribution in [0.15, 0.2) is 42.9 Å². The maximum atomic E-state index is 14.8. The van der Waals surface area contributed by atoms with E-state index in [1.165, 1.54) is 24.5 Å². The summed E-state index contributed by atoms with van der Waals surface area (Å²) in [6, 6.07) is 4.39. The van der Waals surface area contributed by atoms with Crippen molar-refractivity contribution in [3.63, 3.8) is 0 Å². The first-order chi connectivity index (χ1) is 14.9. The molecule has 0 saturated carbocycles. The molecular formula is C22H16ClF3N4O. The van der Waals surface area contributed by atoms with Gasteiger partial charge in [0, 0.05) is 35.1 Å². The second-order valence-electron chi connectivity index (χ2n) is 7.66. The number of halogens is 4. The number of carbonyl (C=O) groups is 1. The van der Waals surface area contributed by atoms with E-state index in [-0.39, 0.29) is 28.4 Å². The number of carbonyl (C=O) groups excluding carboxylic acids is 1. The number of fused-ring (bicyclic) bond motifs is 4. The summed E-state index contributed by atoms with van der Waals surface area (Å²) in [4.78, 5) is 22.1. The van der Waals surface area contributed by atoms with E-state index in [1.807, 2.05) is 0 Å². The number of anilines is 1. The van der Waals surface area contributed by atoms with Gasteiger partial charge in [-0.1, -0.05) is 11.6 Å². The molecule has 0 aliphatic carbocycles. The van der Waals surface area contributed by atoms with Gasteiger partial charge in [-0.3, -0.25) is 4.98 Å². The van der Waals surface area contributed by atoms with Crippen molar-refractivity contribution >= 4 is 23.3 Å². The number of urea groups is 1. The molecule has 3 aromatic rings. The van der Waals surface area contributed by atoms with Crippen LogP contribution >= 0.6 is 11.6 Å². The number of amides is 2. The highest BCUT2D eigenvalue weighted by atomic mass is 35.5. The van der Waals surface area contributed by atoms with E-state index in [0.29, 0.717) is 24.0 Å². The molecule has 0 spiro atoms. The Morgan fingerprint density at radius 3 is 2.81 bits per heavy atom. The quantitative estimate of drug-likeness (QED) is 0.530. The van der Waals surface area contributed by atoms with Crippen molar-refractivity contribution in [3.05, 3.63) is 76.6 Å². The number of pyridine rings is 2. The minimum absolute atomic E-state index is 0.0887. The predicted molar refractivity (Wildman–Crippen MR) is 109 cm³/mol. The minimum Gasteiger partial charge on any atom is -0.314 e. The van der Waals surface area contributed by atoms with Gasteiger partial charge in [0.15, 0.2) is 0 Å². The third kappa shape index (κ3) is 3.40.